The summed E-state index contributed by atoms with van der Waals surface area (Å²) < 4.78 is 8.02. The standard InChI is InChI=1S/C14H19NO2/c1-10(14-6-3-9-17-14)15-8-7-11-12(15)4-2-5-13(11)16/h7-8,10,14H,2-6,9H2,1H3. The normalized spacial score (nSPS) is 25.9. The molecule has 1 aliphatic carbocycles. The van der Waals surface area contributed by atoms with Crippen molar-refractivity contribution in [1.29, 1.82) is 0 Å². The van der Waals surface area contributed by atoms with Gasteiger partial charge in [-0.05, 0) is 38.7 Å². The molecular weight excluding hydrogens is 214 g/mol. The van der Waals surface area contributed by atoms with E-state index >= 15 is 0 Å². The van der Waals surface area contributed by atoms with Crippen LogP contribution < -0.4 is 0 Å². The molecule has 0 aromatic carbocycles. The van der Waals surface area contributed by atoms with Crippen LogP contribution in [0.25, 0.3) is 0 Å². The van der Waals surface area contributed by atoms with Crippen molar-refractivity contribution in [3.05, 3.63) is 23.5 Å². The van der Waals surface area contributed by atoms with Crippen molar-refractivity contribution in [2.24, 2.45) is 0 Å². The lowest BCUT2D eigenvalue weighted by Crippen LogP contribution is -2.23. The zero-order valence-corrected chi connectivity index (χ0v) is 10.3. The zero-order valence-electron chi connectivity index (χ0n) is 10.3. The van der Waals surface area contributed by atoms with Gasteiger partial charge in [0.1, 0.15) is 0 Å². The Morgan fingerprint density at radius 3 is 3.06 bits per heavy atom. The maximum absolute atomic E-state index is 11.8. The highest BCUT2D eigenvalue weighted by molar-refractivity contribution is 5.98. The number of nitrogens with zero attached hydrogens (tertiary/aromatic N) is 1. The molecule has 1 aliphatic heterocycles. The van der Waals surface area contributed by atoms with Gasteiger partial charge in [0.25, 0.3) is 0 Å². The van der Waals surface area contributed by atoms with Crippen LogP contribution in [0.3, 0.4) is 0 Å². The van der Waals surface area contributed by atoms with Gasteiger partial charge in [0.05, 0.1) is 12.1 Å². The van der Waals surface area contributed by atoms with Gasteiger partial charge in [0.15, 0.2) is 5.78 Å². The molecule has 3 heteroatoms. The summed E-state index contributed by atoms with van der Waals surface area (Å²) in [5, 5.41) is 0. The van der Waals surface area contributed by atoms with Crippen LogP contribution in [0.2, 0.25) is 0 Å². The molecule has 92 valence electrons. The van der Waals surface area contributed by atoms with Crippen LogP contribution >= 0.6 is 0 Å². The van der Waals surface area contributed by atoms with E-state index in [2.05, 4.69) is 17.7 Å². The zero-order chi connectivity index (χ0) is 11.8. The quantitative estimate of drug-likeness (QED) is 0.786. The van der Waals surface area contributed by atoms with E-state index in [4.69, 9.17) is 4.74 Å². The first-order valence-corrected chi connectivity index (χ1v) is 6.62. The van der Waals surface area contributed by atoms with Gasteiger partial charge in [-0.15, -0.1) is 0 Å². The van der Waals surface area contributed by atoms with Gasteiger partial charge in [0.2, 0.25) is 0 Å². The molecule has 1 aromatic heterocycles. The molecule has 2 unspecified atom stereocenters. The minimum Gasteiger partial charge on any atom is -0.376 e. The minimum atomic E-state index is 0.310. The highest BCUT2D eigenvalue weighted by atomic mass is 16.5. The Kier molecular flexibility index (Phi) is 2.79. The monoisotopic (exact) mass is 233 g/mol. The van der Waals surface area contributed by atoms with Crippen molar-refractivity contribution >= 4 is 5.78 Å². The number of rotatable bonds is 2. The summed E-state index contributed by atoms with van der Waals surface area (Å²) in [7, 11) is 0. The fraction of sp³-hybridized carbons (Fsp3) is 0.643. The van der Waals surface area contributed by atoms with Gasteiger partial charge in [-0.3, -0.25) is 4.79 Å². The maximum Gasteiger partial charge on any atom is 0.164 e. The topological polar surface area (TPSA) is 31.2 Å². The average Bonchev–Trinajstić information content (AvgIpc) is 2.98. The first kappa shape index (κ1) is 11.0. The van der Waals surface area contributed by atoms with Crippen LogP contribution in [0.5, 0.6) is 0 Å². The Morgan fingerprint density at radius 2 is 2.29 bits per heavy atom. The van der Waals surface area contributed by atoms with Crippen LogP contribution in [0.15, 0.2) is 12.3 Å². The second kappa shape index (κ2) is 4.30. The molecule has 3 rings (SSSR count). The van der Waals surface area contributed by atoms with Gasteiger partial charge in [-0.1, -0.05) is 0 Å². The summed E-state index contributed by atoms with van der Waals surface area (Å²) >= 11 is 0. The lowest BCUT2D eigenvalue weighted by atomic mass is 9.96. The molecule has 0 amide bonds. The average molecular weight is 233 g/mol. The van der Waals surface area contributed by atoms with Crippen LogP contribution in [0, 0.1) is 0 Å². The van der Waals surface area contributed by atoms with E-state index in [1.54, 1.807) is 0 Å². The predicted octanol–water partition coefficient (Wildman–Crippen LogP) is 2.75. The third-order valence-electron chi connectivity index (χ3n) is 4.08. The molecule has 2 heterocycles. The van der Waals surface area contributed by atoms with Gasteiger partial charge >= 0.3 is 0 Å². The lowest BCUT2D eigenvalue weighted by molar-refractivity contribution is 0.0721. The van der Waals surface area contributed by atoms with Crippen LogP contribution in [-0.2, 0) is 11.2 Å². The van der Waals surface area contributed by atoms with Crippen molar-refractivity contribution in [3.63, 3.8) is 0 Å². The molecule has 2 aliphatic rings. The summed E-state index contributed by atoms with van der Waals surface area (Å²) in [6.45, 7) is 3.09. The maximum atomic E-state index is 11.8. The fourth-order valence-corrected chi connectivity index (χ4v) is 3.09. The van der Waals surface area contributed by atoms with E-state index in [0.29, 0.717) is 24.3 Å². The highest BCUT2D eigenvalue weighted by Crippen LogP contribution is 2.30. The molecule has 1 fully saturated rings. The van der Waals surface area contributed by atoms with Crippen molar-refractivity contribution < 1.29 is 9.53 Å². The Morgan fingerprint density at radius 1 is 1.41 bits per heavy atom. The predicted molar refractivity (Wildman–Crippen MR) is 65.4 cm³/mol. The molecule has 1 saturated heterocycles. The second-order valence-corrected chi connectivity index (χ2v) is 5.15. The first-order chi connectivity index (χ1) is 8.27. The molecule has 0 radical (unpaired) electrons. The highest BCUT2D eigenvalue weighted by Gasteiger charge is 2.28. The lowest BCUT2D eigenvalue weighted by Gasteiger charge is -2.24. The van der Waals surface area contributed by atoms with Gasteiger partial charge in [0, 0.05) is 30.5 Å². The second-order valence-electron chi connectivity index (χ2n) is 5.15. The molecule has 0 spiro atoms. The number of carbonyl (C=O) groups is 1. The van der Waals surface area contributed by atoms with Crippen molar-refractivity contribution in [1.82, 2.24) is 4.57 Å². The number of ether oxygens (including phenoxy) is 1. The molecule has 17 heavy (non-hydrogen) atoms. The summed E-state index contributed by atoms with van der Waals surface area (Å²) in [5.74, 6) is 0.310. The fourth-order valence-electron chi connectivity index (χ4n) is 3.09. The van der Waals surface area contributed by atoms with E-state index in [0.717, 1.165) is 37.9 Å². The van der Waals surface area contributed by atoms with Gasteiger partial charge in [-0.2, -0.15) is 0 Å². The SMILES string of the molecule is CC(C1CCCO1)n1ccc2c1CCCC2=O. The number of fused-ring (bicyclic) bond motifs is 1. The van der Waals surface area contributed by atoms with E-state index in [1.165, 1.54) is 5.69 Å². The van der Waals surface area contributed by atoms with Crippen molar-refractivity contribution in [2.75, 3.05) is 6.61 Å². The molecular formula is C14H19NO2. The van der Waals surface area contributed by atoms with Crippen LogP contribution in [-0.4, -0.2) is 23.1 Å². The largest absolute Gasteiger partial charge is 0.376 e. The molecule has 2 atom stereocenters. The molecule has 3 nitrogen and oxygen atoms in total. The Hall–Kier alpha value is -1.09. The van der Waals surface area contributed by atoms with Crippen molar-refractivity contribution in [2.45, 2.75) is 51.2 Å². The Labute approximate surface area is 102 Å². The van der Waals surface area contributed by atoms with Gasteiger partial charge in [-0.25, -0.2) is 0 Å². The number of ketones is 1. The molecule has 0 N–H and O–H groups in total. The number of aromatic nitrogens is 1. The summed E-state index contributed by atoms with van der Waals surface area (Å²) in [6.07, 6.45) is 7.44. The summed E-state index contributed by atoms with van der Waals surface area (Å²) in [5.41, 5.74) is 2.17. The van der Waals surface area contributed by atoms with E-state index in [1.807, 2.05) is 6.07 Å². The van der Waals surface area contributed by atoms with Gasteiger partial charge < -0.3 is 9.30 Å². The summed E-state index contributed by atoms with van der Waals surface area (Å²) in [6, 6.07) is 2.34. The minimum absolute atomic E-state index is 0.310. The number of hydrogen-bond acceptors (Lipinski definition) is 2. The van der Waals surface area contributed by atoms with E-state index in [9.17, 15) is 4.79 Å². The number of carbonyl (C=O) groups excluding carboxylic acids is 1. The third kappa shape index (κ3) is 1.82. The smallest absolute Gasteiger partial charge is 0.164 e. The summed E-state index contributed by atoms with van der Waals surface area (Å²) in [4.78, 5) is 11.8. The molecule has 0 saturated carbocycles. The van der Waals surface area contributed by atoms with Crippen LogP contribution in [0.1, 0.15) is 54.7 Å². The van der Waals surface area contributed by atoms with E-state index in [-0.39, 0.29) is 0 Å². The Balaban J connectivity index is 1.90. The molecule has 0 bridgehead atoms. The van der Waals surface area contributed by atoms with E-state index < -0.39 is 0 Å². The number of Topliss-reactive ketones (excluding diaryl/α,β-unsaturated/α-hetero) is 1. The van der Waals surface area contributed by atoms with Crippen molar-refractivity contribution in [3.8, 4) is 0 Å². The molecule has 1 aromatic rings. The van der Waals surface area contributed by atoms with Crippen LogP contribution in [0.4, 0.5) is 0 Å². The first-order valence-electron chi connectivity index (χ1n) is 6.62. The number of hydrogen-bond donors (Lipinski definition) is 0. The Bertz CT molecular complexity index is 429. The third-order valence-corrected chi connectivity index (χ3v) is 4.08.